The minimum atomic E-state index is -0.0130. The fourth-order valence-corrected chi connectivity index (χ4v) is 4.28. The number of nitrogens with one attached hydrogen (secondary N) is 1. The zero-order valence-corrected chi connectivity index (χ0v) is 15.0. The molecule has 24 heavy (non-hydrogen) atoms. The number of ether oxygens (including phenoxy) is 1. The standard InChI is InChI=1S/C17H23N5OS/c1-12-3-4-16(21-20-12)19-14-7-17(23-9-14)5-6-22(11-17)8-15-10-24-13(2)18-15/h3-4,10,14H,5-9,11H2,1-2H3,(H,19,21). The first-order valence-electron chi connectivity index (χ1n) is 8.44. The molecule has 0 amide bonds. The molecule has 4 heterocycles. The molecule has 2 aliphatic heterocycles. The van der Waals surface area contributed by atoms with Crippen LogP contribution in [0.2, 0.25) is 0 Å². The number of thiazole rings is 1. The zero-order valence-electron chi connectivity index (χ0n) is 14.2. The van der Waals surface area contributed by atoms with Crippen LogP contribution in [0.3, 0.4) is 0 Å². The number of aromatic nitrogens is 3. The van der Waals surface area contributed by atoms with Crippen LogP contribution in [0.5, 0.6) is 0 Å². The van der Waals surface area contributed by atoms with E-state index in [1.54, 1.807) is 11.3 Å². The van der Waals surface area contributed by atoms with Gasteiger partial charge in [0.05, 0.1) is 34.6 Å². The predicted octanol–water partition coefficient (Wildman–Crippen LogP) is 2.40. The Morgan fingerprint density at radius 1 is 1.38 bits per heavy atom. The SMILES string of the molecule is Cc1ccc(NC2COC3(CCN(Cc4csc(C)n4)C3)C2)nn1. The summed E-state index contributed by atoms with van der Waals surface area (Å²) in [6.07, 6.45) is 2.11. The van der Waals surface area contributed by atoms with Crippen molar-refractivity contribution in [2.75, 3.05) is 25.0 Å². The summed E-state index contributed by atoms with van der Waals surface area (Å²) in [6, 6.07) is 4.27. The van der Waals surface area contributed by atoms with E-state index < -0.39 is 0 Å². The van der Waals surface area contributed by atoms with E-state index in [0.717, 1.165) is 55.6 Å². The summed E-state index contributed by atoms with van der Waals surface area (Å²) in [6.45, 7) is 7.73. The molecule has 2 saturated heterocycles. The lowest BCUT2D eigenvalue weighted by molar-refractivity contribution is 0.0119. The van der Waals surface area contributed by atoms with Gasteiger partial charge in [0, 0.05) is 31.4 Å². The maximum atomic E-state index is 6.21. The highest BCUT2D eigenvalue weighted by Crippen LogP contribution is 2.36. The number of rotatable bonds is 4. The molecule has 0 bridgehead atoms. The Morgan fingerprint density at radius 3 is 3.04 bits per heavy atom. The fourth-order valence-electron chi connectivity index (χ4n) is 3.68. The molecule has 2 unspecified atom stereocenters. The van der Waals surface area contributed by atoms with Crippen LogP contribution in [0.25, 0.3) is 0 Å². The summed E-state index contributed by atoms with van der Waals surface area (Å²) >= 11 is 1.72. The molecule has 2 fully saturated rings. The summed E-state index contributed by atoms with van der Waals surface area (Å²) in [5.74, 6) is 0.832. The van der Waals surface area contributed by atoms with E-state index in [4.69, 9.17) is 4.74 Å². The third-order valence-corrected chi connectivity index (χ3v) is 5.63. The first-order valence-corrected chi connectivity index (χ1v) is 9.32. The van der Waals surface area contributed by atoms with Crippen LogP contribution in [0.1, 0.15) is 29.2 Å². The number of nitrogens with zero attached hydrogens (tertiary/aromatic N) is 4. The normalized spacial score (nSPS) is 27.2. The van der Waals surface area contributed by atoms with Gasteiger partial charge in [-0.3, -0.25) is 4.90 Å². The van der Waals surface area contributed by atoms with Gasteiger partial charge in [-0.05, 0) is 32.4 Å². The van der Waals surface area contributed by atoms with E-state index in [9.17, 15) is 0 Å². The van der Waals surface area contributed by atoms with Gasteiger partial charge in [0.25, 0.3) is 0 Å². The van der Waals surface area contributed by atoms with Crippen molar-refractivity contribution in [3.05, 3.63) is 33.9 Å². The van der Waals surface area contributed by atoms with Crippen molar-refractivity contribution in [1.29, 1.82) is 0 Å². The van der Waals surface area contributed by atoms with Crippen molar-refractivity contribution < 1.29 is 4.74 Å². The van der Waals surface area contributed by atoms with Crippen LogP contribution in [-0.2, 0) is 11.3 Å². The van der Waals surface area contributed by atoms with Gasteiger partial charge >= 0.3 is 0 Å². The molecule has 2 aromatic rings. The second kappa shape index (κ2) is 6.38. The van der Waals surface area contributed by atoms with Crippen LogP contribution in [-0.4, -0.2) is 51.4 Å². The Hall–Kier alpha value is -1.57. The van der Waals surface area contributed by atoms with Crippen LogP contribution >= 0.6 is 11.3 Å². The van der Waals surface area contributed by atoms with Crippen molar-refractivity contribution in [2.24, 2.45) is 0 Å². The molecular weight excluding hydrogens is 322 g/mol. The van der Waals surface area contributed by atoms with E-state index in [0.29, 0.717) is 6.04 Å². The third kappa shape index (κ3) is 3.43. The number of aryl methyl sites for hydroxylation is 2. The maximum absolute atomic E-state index is 6.21. The fraction of sp³-hybridized carbons (Fsp3) is 0.588. The van der Waals surface area contributed by atoms with Gasteiger partial charge in [0.2, 0.25) is 0 Å². The maximum Gasteiger partial charge on any atom is 0.148 e. The molecule has 0 aromatic carbocycles. The molecule has 0 radical (unpaired) electrons. The van der Waals surface area contributed by atoms with Crippen molar-refractivity contribution in [1.82, 2.24) is 20.1 Å². The van der Waals surface area contributed by atoms with Crippen LogP contribution in [0.4, 0.5) is 5.82 Å². The lowest BCUT2D eigenvalue weighted by Crippen LogP contribution is -2.33. The average molecular weight is 345 g/mol. The molecule has 7 heteroatoms. The van der Waals surface area contributed by atoms with Gasteiger partial charge in [-0.2, -0.15) is 5.10 Å². The Kier molecular flexibility index (Phi) is 4.24. The number of anilines is 1. The zero-order chi connectivity index (χ0) is 16.6. The van der Waals surface area contributed by atoms with Crippen LogP contribution in [0.15, 0.2) is 17.5 Å². The Balaban J connectivity index is 1.33. The van der Waals surface area contributed by atoms with Gasteiger partial charge in [-0.1, -0.05) is 0 Å². The molecule has 1 spiro atoms. The lowest BCUT2D eigenvalue weighted by atomic mass is 9.97. The second-order valence-corrected chi connectivity index (χ2v) is 7.98. The molecule has 2 atom stereocenters. The average Bonchev–Trinajstić information content (AvgIpc) is 3.25. The molecular formula is C17H23N5OS. The second-order valence-electron chi connectivity index (χ2n) is 6.92. The molecule has 2 aliphatic rings. The number of likely N-dealkylation sites (tertiary alicyclic amines) is 1. The monoisotopic (exact) mass is 345 g/mol. The molecule has 4 rings (SSSR count). The number of hydrogen-bond acceptors (Lipinski definition) is 7. The van der Waals surface area contributed by atoms with E-state index in [1.165, 1.54) is 5.69 Å². The lowest BCUT2D eigenvalue weighted by Gasteiger charge is -2.23. The third-order valence-electron chi connectivity index (χ3n) is 4.81. The predicted molar refractivity (Wildman–Crippen MR) is 94.2 cm³/mol. The molecule has 1 N–H and O–H groups in total. The summed E-state index contributed by atoms with van der Waals surface area (Å²) in [5.41, 5.74) is 2.10. The largest absolute Gasteiger partial charge is 0.371 e. The van der Waals surface area contributed by atoms with Crippen LogP contribution < -0.4 is 5.32 Å². The van der Waals surface area contributed by atoms with Gasteiger partial charge in [-0.25, -0.2) is 4.98 Å². The van der Waals surface area contributed by atoms with Gasteiger partial charge < -0.3 is 10.1 Å². The molecule has 6 nitrogen and oxygen atoms in total. The Morgan fingerprint density at radius 2 is 2.29 bits per heavy atom. The van der Waals surface area contributed by atoms with Gasteiger partial charge in [0.1, 0.15) is 5.82 Å². The first kappa shape index (κ1) is 15.9. The Bertz CT molecular complexity index is 703. The Labute approximate surface area is 146 Å². The van der Waals surface area contributed by atoms with Gasteiger partial charge in [-0.15, -0.1) is 16.4 Å². The first-order chi connectivity index (χ1) is 11.6. The summed E-state index contributed by atoms with van der Waals surface area (Å²) < 4.78 is 6.21. The highest BCUT2D eigenvalue weighted by atomic mass is 32.1. The quantitative estimate of drug-likeness (QED) is 0.918. The summed E-state index contributed by atoms with van der Waals surface area (Å²) in [4.78, 5) is 7.04. The van der Waals surface area contributed by atoms with E-state index in [-0.39, 0.29) is 5.60 Å². The minimum Gasteiger partial charge on any atom is -0.371 e. The molecule has 128 valence electrons. The molecule has 2 aromatic heterocycles. The highest BCUT2D eigenvalue weighted by molar-refractivity contribution is 7.09. The van der Waals surface area contributed by atoms with Crippen LogP contribution in [0, 0.1) is 13.8 Å². The summed E-state index contributed by atoms with van der Waals surface area (Å²) in [7, 11) is 0. The highest BCUT2D eigenvalue weighted by Gasteiger charge is 2.45. The van der Waals surface area contributed by atoms with E-state index >= 15 is 0 Å². The van der Waals surface area contributed by atoms with Gasteiger partial charge in [0.15, 0.2) is 0 Å². The topological polar surface area (TPSA) is 63.2 Å². The van der Waals surface area contributed by atoms with Crippen molar-refractivity contribution >= 4 is 17.2 Å². The minimum absolute atomic E-state index is 0.0130. The van der Waals surface area contributed by atoms with Crippen molar-refractivity contribution in [2.45, 2.75) is 44.9 Å². The molecule has 0 saturated carbocycles. The van der Waals surface area contributed by atoms with Crippen molar-refractivity contribution in [3.63, 3.8) is 0 Å². The summed E-state index contributed by atoms with van der Waals surface area (Å²) in [5, 5.41) is 15.1. The smallest absolute Gasteiger partial charge is 0.148 e. The van der Waals surface area contributed by atoms with Crippen molar-refractivity contribution in [3.8, 4) is 0 Å². The van der Waals surface area contributed by atoms with E-state index in [1.807, 2.05) is 19.1 Å². The number of hydrogen-bond donors (Lipinski definition) is 1. The molecule has 0 aliphatic carbocycles. The van der Waals surface area contributed by atoms with E-state index in [2.05, 4.69) is 37.7 Å².